The molecule has 0 aromatic carbocycles. The normalized spacial score (nSPS) is 36.1. The highest BCUT2D eigenvalue weighted by molar-refractivity contribution is 7.99. The van der Waals surface area contributed by atoms with E-state index in [1.807, 2.05) is 0 Å². The van der Waals surface area contributed by atoms with Crippen LogP contribution in [0.3, 0.4) is 0 Å². The van der Waals surface area contributed by atoms with Gasteiger partial charge in [0, 0.05) is 18.4 Å². The zero-order valence-corrected chi connectivity index (χ0v) is 13.9. The molecule has 1 saturated carbocycles. The molecule has 1 aliphatic carbocycles. The first kappa shape index (κ1) is 15.2. The number of nitrogens with one attached hydrogen (secondary N) is 1. The molecule has 0 bridgehead atoms. The fourth-order valence-corrected chi connectivity index (χ4v) is 5.51. The quantitative estimate of drug-likeness (QED) is 0.804. The summed E-state index contributed by atoms with van der Waals surface area (Å²) in [5, 5.41) is 3.88. The van der Waals surface area contributed by atoms with Gasteiger partial charge in [0.1, 0.15) is 0 Å². The molecule has 3 aliphatic rings. The molecule has 1 spiro atoms. The Morgan fingerprint density at radius 3 is 2.90 bits per heavy atom. The van der Waals surface area contributed by atoms with Crippen LogP contribution in [0.15, 0.2) is 0 Å². The van der Waals surface area contributed by atoms with Crippen molar-refractivity contribution in [2.75, 3.05) is 24.7 Å². The smallest absolute Gasteiger partial charge is 0.0783 e. The molecule has 0 amide bonds. The number of rotatable bonds is 6. The van der Waals surface area contributed by atoms with E-state index in [4.69, 9.17) is 4.74 Å². The SMILES string of the molecule is CCCNC(CC1CCC1)C1CCOC2(CCSC2)C1. The van der Waals surface area contributed by atoms with Crippen LogP contribution in [0.1, 0.15) is 58.3 Å². The molecule has 1 N–H and O–H groups in total. The summed E-state index contributed by atoms with van der Waals surface area (Å²) in [6.45, 7) is 4.48. The minimum Gasteiger partial charge on any atom is -0.374 e. The Labute approximate surface area is 128 Å². The molecular weight excluding hydrogens is 266 g/mol. The van der Waals surface area contributed by atoms with Gasteiger partial charge in [0.2, 0.25) is 0 Å². The second-order valence-electron chi connectivity index (χ2n) is 7.18. The van der Waals surface area contributed by atoms with Crippen molar-refractivity contribution in [3.8, 4) is 0 Å². The molecule has 2 heterocycles. The predicted molar refractivity (Wildman–Crippen MR) is 87.4 cm³/mol. The zero-order chi connectivity index (χ0) is 13.8. The third-order valence-electron chi connectivity index (χ3n) is 5.64. The highest BCUT2D eigenvalue weighted by Crippen LogP contribution is 2.43. The van der Waals surface area contributed by atoms with Gasteiger partial charge in [-0.05, 0) is 56.2 Å². The molecule has 0 aromatic heterocycles. The first-order valence-electron chi connectivity index (χ1n) is 8.76. The van der Waals surface area contributed by atoms with Gasteiger partial charge in [0.15, 0.2) is 0 Å². The highest BCUT2D eigenvalue weighted by Gasteiger charge is 2.42. The third-order valence-corrected chi connectivity index (χ3v) is 6.86. The minimum atomic E-state index is 0.249. The van der Waals surface area contributed by atoms with Crippen molar-refractivity contribution in [3.05, 3.63) is 0 Å². The molecular formula is C17H31NOS. The first-order chi connectivity index (χ1) is 9.81. The Morgan fingerprint density at radius 1 is 1.35 bits per heavy atom. The molecule has 2 aliphatic heterocycles. The van der Waals surface area contributed by atoms with Gasteiger partial charge < -0.3 is 10.1 Å². The lowest BCUT2D eigenvalue weighted by Gasteiger charge is -2.43. The van der Waals surface area contributed by atoms with Crippen molar-refractivity contribution in [3.63, 3.8) is 0 Å². The van der Waals surface area contributed by atoms with Crippen LogP contribution in [0.5, 0.6) is 0 Å². The maximum atomic E-state index is 6.21. The lowest BCUT2D eigenvalue weighted by molar-refractivity contribution is -0.0867. The molecule has 116 valence electrons. The summed E-state index contributed by atoms with van der Waals surface area (Å²) in [4.78, 5) is 0. The Morgan fingerprint density at radius 2 is 2.25 bits per heavy atom. The highest BCUT2D eigenvalue weighted by atomic mass is 32.2. The summed E-state index contributed by atoms with van der Waals surface area (Å²) in [5.41, 5.74) is 0.249. The van der Waals surface area contributed by atoms with E-state index in [2.05, 4.69) is 24.0 Å². The van der Waals surface area contributed by atoms with Crippen molar-refractivity contribution < 1.29 is 4.74 Å². The second kappa shape index (κ2) is 7.02. The second-order valence-corrected chi connectivity index (χ2v) is 8.29. The van der Waals surface area contributed by atoms with Gasteiger partial charge in [-0.3, -0.25) is 0 Å². The van der Waals surface area contributed by atoms with E-state index in [9.17, 15) is 0 Å². The van der Waals surface area contributed by atoms with Crippen molar-refractivity contribution in [1.82, 2.24) is 5.32 Å². The van der Waals surface area contributed by atoms with Crippen molar-refractivity contribution >= 4 is 11.8 Å². The van der Waals surface area contributed by atoms with Crippen LogP contribution in [-0.2, 0) is 4.74 Å². The van der Waals surface area contributed by atoms with Crippen LogP contribution in [0.25, 0.3) is 0 Å². The maximum absolute atomic E-state index is 6.21. The van der Waals surface area contributed by atoms with Crippen molar-refractivity contribution in [2.24, 2.45) is 11.8 Å². The fraction of sp³-hybridized carbons (Fsp3) is 1.00. The number of thioether (sulfide) groups is 1. The molecule has 3 atom stereocenters. The number of hydrogen-bond acceptors (Lipinski definition) is 3. The minimum absolute atomic E-state index is 0.249. The lowest BCUT2D eigenvalue weighted by atomic mass is 9.74. The van der Waals surface area contributed by atoms with Gasteiger partial charge in [0.25, 0.3) is 0 Å². The fourth-order valence-electron chi connectivity index (χ4n) is 4.13. The Hall–Kier alpha value is 0.270. The van der Waals surface area contributed by atoms with E-state index in [-0.39, 0.29) is 5.60 Å². The molecule has 3 unspecified atom stereocenters. The average Bonchev–Trinajstić information content (AvgIpc) is 2.85. The molecule has 2 saturated heterocycles. The molecule has 0 aromatic rings. The van der Waals surface area contributed by atoms with Crippen LogP contribution in [0.2, 0.25) is 0 Å². The molecule has 3 heteroatoms. The summed E-state index contributed by atoms with van der Waals surface area (Å²) >= 11 is 2.10. The number of hydrogen-bond donors (Lipinski definition) is 1. The van der Waals surface area contributed by atoms with Crippen LogP contribution in [0, 0.1) is 11.8 Å². The van der Waals surface area contributed by atoms with Gasteiger partial charge >= 0.3 is 0 Å². The first-order valence-corrected chi connectivity index (χ1v) is 9.92. The van der Waals surface area contributed by atoms with Gasteiger partial charge in [-0.25, -0.2) is 0 Å². The van der Waals surface area contributed by atoms with Crippen LogP contribution in [0.4, 0.5) is 0 Å². The van der Waals surface area contributed by atoms with Gasteiger partial charge in [-0.2, -0.15) is 11.8 Å². The molecule has 2 nitrogen and oxygen atoms in total. The van der Waals surface area contributed by atoms with E-state index in [1.54, 1.807) is 0 Å². The van der Waals surface area contributed by atoms with E-state index >= 15 is 0 Å². The average molecular weight is 298 g/mol. The Balaban J connectivity index is 1.59. The predicted octanol–water partition coefficient (Wildman–Crippen LogP) is 3.85. The van der Waals surface area contributed by atoms with Gasteiger partial charge in [0.05, 0.1) is 5.60 Å². The molecule has 3 rings (SSSR count). The molecule has 20 heavy (non-hydrogen) atoms. The summed E-state index contributed by atoms with van der Waals surface area (Å²) < 4.78 is 6.21. The topological polar surface area (TPSA) is 21.3 Å². The van der Waals surface area contributed by atoms with E-state index in [0.29, 0.717) is 0 Å². The Bertz CT molecular complexity index is 299. The lowest BCUT2D eigenvalue weighted by Crippen LogP contribution is -2.48. The van der Waals surface area contributed by atoms with Crippen LogP contribution in [-0.4, -0.2) is 36.3 Å². The van der Waals surface area contributed by atoms with Crippen LogP contribution < -0.4 is 5.32 Å². The summed E-state index contributed by atoms with van der Waals surface area (Å²) in [7, 11) is 0. The largest absolute Gasteiger partial charge is 0.374 e. The number of ether oxygens (including phenoxy) is 1. The van der Waals surface area contributed by atoms with Crippen LogP contribution >= 0.6 is 11.8 Å². The Kier molecular flexibility index (Phi) is 5.33. The third kappa shape index (κ3) is 3.53. The summed E-state index contributed by atoms with van der Waals surface area (Å²) in [5.74, 6) is 4.42. The van der Waals surface area contributed by atoms with Crippen molar-refractivity contribution in [2.45, 2.75) is 69.9 Å². The van der Waals surface area contributed by atoms with E-state index < -0.39 is 0 Å². The summed E-state index contributed by atoms with van der Waals surface area (Å²) in [6, 6.07) is 0.756. The van der Waals surface area contributed by atoms with E-state index in [1.165, 1.54) is 69.4 Å². The summed E-state index contributed by atoms with van der Waals surface area (Å²) in [6.07, 6.45) is 11.0. The van der Waals surface area contributed by atoms with Gasteiger partial charge in [-0.1, -0.05) is 26.2 Å². The zero-order valence-electron chi connectivity index (χ0n) is 13.0. The molecule has 3 fully saturated rings. The monoisotopic (exact) mass is 297 g/mol. The van der Waals surface area contributed by atoms with Crippen molar-refractivity contribution in [1.29, 1.82) is 0 Å². The molecule has 0 radical (unpaired) electrons. The van der Waals surface area contributed by atoms with Gasteiger partial charge in [-0.15, -0.1) is 0 Å². The maximum Gasteiger partial charge on any atom is 0.0783 e. The van der Waals surface area contributed by atoms with E-state index in [0.717, 1.165) is 24.5 Å². The standard InChI is InChI=1S/C17H31NOS/c1-2-8-18-16(11-14-4-3-5-14)15-6-9-19-17(12-15)7-10-20-13-17/h14-16,18H,2-13H2,1H3.